The summed E-state index contributed by atoms with van der Waals surface area (Å²) in [4.78, 5) is 22.9. The van der Waals surface area contributed by atoms with E-state index in [9.17, 15) is 14.3 Å². The molecule has 0 aromatic heterocycles. The van der Waals surface area contributed by atoms with E-state index in [2.05, 4.69) is 19.2 Å². The molecule has 9 heteroatoms. The van der Waals surface area contributed by atoms with Crippen molar-refractivity contribution in [3.63, 3.8) is 0 Å². The third kappa shape index (κ3) is 24.3. The molecule has 0 heterocycles. The molecule has 2 N–H and O–H groups in total. The molecule has 0 aromatic rings. The van der Waals surface area contributed by atoms with E-state index >= 15 is 0 Å². The van der Waals surface area contributed by atoms with E-state index < -0.39 is 20.2 Å². The number of amides is 1. The van der Waals surface area contributed by atoms with Gasteiger partial charge in [0.05, 0.1) is 27.2 Å². The number of rotatable bonds is 26. The highest BCUT2D eigenvalue weighted by Gasteiger charge is 2.32. The van der Waals surface area contributed by atoms with Crippen molar-refractivity contribution in [3.8, 4) is 0 Å². The van der Waals surface area contributed by atoms with Crippen LogP contribution in [0.25, 0.3) is 0 Å². The molecule has 0 fully saturated rings. The van der Waals surface area contributed by atoms with Gasteiger partial charge in [-0.3, -0.25) is 13.8 Å². The van der Waals surface area contributed by atoms with Crippen LogP contribution < -0.4 is 5.32 Å². The van der Waals surface area contributed by atoms with Gasteiger partial charge in [0.15, 0.2) is 6.23 Å². The smallest absolute Gasteiger partial charge is 0.374 e. The van der Waals surface area contributed by atoms with E-state index in [4.69, 9.17) is 13.8 Å². The minimum atomic E-state index is -4.36. The van der Waals surface area contributed by atoms with E-state index in [-0.39, 0.29) is 12.5 Å². The van der Waals surface area contributed by atoms with Gasteiger partial charge < -0.3 is 19.4 Å². The highest BCUT2D eigenvalue weighted by Crippen LogP contribution is 2.44. The highest BCUT2D eigenvalue weighted by molar-refractivity contribution is 7.47. The zero-order valence-corrected chi connectivity index (χ0v) is 25.9. The first kappa shape index (κ1) is 36.5. The fraction of sp³-hybridized carbons (Fsp3) is 0.964. The first-order chi connectivity index (χ1) is 17.5. The molecule has 222 valence electrons. The lowest BCUT2D eigenvalue weighted by Crippen LogP contribution is -2.45. The van der Waals surface area contributed by atoms with Crippen molar-refractivity contribution in [2.24, 2.45) is 0 Å². The summed E-state index contributed by atoms with van der Waals surface area (Å²) in [6.07, 6.45) is 16.1. The first-order valence-corrected chi connectivity index (χ1v) is 16.4. The third-order valence-electron chi connectivity index (χ3n) is 6.38. The van der Waals surface area contributed by atoms with Crippen LogP contribution in [-0.2, 0) is 23.1 Å². The Morgan fingerprint density at radius 1 is 0.811 bits per heavy atom. The number of ether oxygens (including phenoxy) is 1. The molecule has 1 amide bonds. The number of phosphoric ester groups is 1. The number of nitrogens with one attached hydrogen (secondary N) is 1. The molecule has 0 saturated heterocycles. The third-order valence-corrected chi connectivity index (χ3v) is 7.38. The predicted octanol–water partition coefficient (Wildman–Crippen LogP) is 6.96. The zero-order valence-electron chi connectivity index (χ0n) is 25.0. The molecule has 0 rings (SSSR count). The van der Waals surface area contributed by atoms with Crippen molar-refractivity contribution in [3.05, 3.63) is 0 Å². The van der Waals surface area contributed by atoms with E-state index in [0.29, 0.717) is 24.1 Å². The van der Waals surface area contributed by atoms with Crippen LogP contribution in [0.4, 0.5) is 0 Å². The maximum atomic E-state index is 12.6. The van der Waals surface area contributed by atoms with Gasteiger partial charge in [-0.1, -0.05) is 97.3 Å². The first-order valence-electron chi connectivity index (χ1n) is 14.9. The highest BCUT2D eigenvalue weighted by atomic mass is 31.2. The Balaban J connectivity index is 4.63. The minimum absolute atomic E-state index is 0.0729. The van der Waals surface area contributed by atoms with Crippen molar-refractivity contribution in [2.45, 2.75) is 136 Å². The Morgan fingerprint density at radius 3 is 1.81 bits per heavy atom. The molecule has 8 nitrogen and oxygen atoms in total. The Labute approximate surface area is 228 Å². The second-order valence-corrected chi connectivity index (χ2v) is 12.7. The minimum Gasteiger partial charge on any atom is -0.374 e. The van der Waals surface area contributed by atoms with Gasteiger partial charge in [0.2, 0.25) is 5.91 Å². The molecule has 0 saturated carbocycles. The topological polar surface area (TPSA) is 94.1 Å². The summed E-state index contributed by atoms with van der Waals surface area (Å²) in [6.45, 7) is 7.32. The van der Waals surface area contributed by atoms with Crippen LogP contribution in [-0.4, -0.2) is 68.5 Å². The van der Waals surface area contributed by atoms with Crippen LogP contribution in [0.2, 0.25) is 0 Å². The monoisotopic (exact) mass is 551 g/mol. The summed E-state index contributed by atoms with van der Waals surface area (Å²) < 4.78 is 29.7. The molecule has 0 spiro atoms. The molecular weight excluding hydrogens is 491 g/mol. The lowest BCUT2D eigenvalue weighted by atomic mass is 10.1. The van der Waals surface area contributed by atoms with Gasteiger partial charge in [0.1, 0.15) is 13.2 Å². The van der Waals surface area contributed by atoms with Crippen LogP contribution >= 0.6 is 7.82 Å². The van der Waals surface area contributed by atoms with E-state index in [0.717, 1.165) is 32.1 Å². The number of hydrogen-bond donors (Lipinski definition) is 2. The summed E-state index contributed by atoms with van der Waals surface area (Å²) >= 11 is 0. The Hall–Kier alpha value is -0.500. The number of nitrogens with zero attached hydrogens (tertiary/aromatic N) is 1. The standard InChI is InChI=1S/C28H59N2O6P/c1-7-9-11-13-15-17-19-21-24-34-26(3)28(36-37(32,33)35-25-23-30(4,5)6)29-27(31)22-20-18-16-14-12-10-8-2/h26,28H,7-25H2,1-6H3,(H-,29,31,32,33)/p+1. The van der Waals surface area contributed by atoms with Crippen molar-refractivity contribution >= 4 is 13.7 Å². The Bertz CT molecular complexity index is 600. The number of unbranched alkanes of at least 4 members (excludes halogenated alkanes) is 13. The zero-order chi connectivity index (χ0) is 28.0. The molecule has 3 atom stereocenters. The molecule has 0 bridgehead atoms. The van der Waals surface area contributed by atoms with Crippen molar-refractivity contribution in [1.82, 2.24) is 5.32 Å². The average Bonchev–Trinajstić information content (AvgIpc) is 2.80. The summed E-state index contributed by atoms with van der Waals surface area (Å²) in [5.74, 6) is -0.201. The molecule has 0 aliphatic heterocycles. The predicted molar refractivity (Wildman–Crippen MR) is 152 cm³/mol. The number of likely N-dealkylation sites (N-methyl/N-ethyl adjacent to an activating group) is 1. The Morgan fingerprint density at radius 2 is 1.30 bits per heavy atom. The van der Waals surface area contributed by atoms with Crippen molar-refractivity contribution in [2.75, 3.05) is 40.9 Å². The number of carbonyl (C=O) groups excluding carboxylic acids is 1. The molecule has 37 heavy (non-hydrogen) atoms. The SMILES string of the molecule is CCCCCCCCCCOC(C)C(NC(=O)CCCCCCCCC)OP(=O)(O)OCC[N+](C)(C)C. The second kappa shape index (κ2) is 22.3. The number of phosphoric acid groups is 1. The number of quaternary nitrogens is 1. The maximum Gasteiger partial charge on any atom is 0.474 e. The summed E-state index contributed by atoms with van der Waals surface area (Å²) in [6, 6.07) is 0. The van der Waals surface area contributed by atoms with E-state index in [1.807, 2.05) is 21.1 Å². The van der Waals surface area contributed by atoms with Crippen LogP contribution in [0.3, 0.4) is 0 Å². The quantitative estimate of drug-likeness (QED) is 0.0523. The number of hydrogen-bond acceptors (Lipinski definition) is 5. The molecular formula is C28H60N2O6P+. The van der Waals surface area contributed by atoms with Crippen LogP contribution in [0.1, 0.15) is 124 Å². The van der Waals surface area contributed by atoms with Gasteiger partial charge in [-0.15, -0.1) is 0 Å². The molecule has 0 aliphatic carbocycles. The van der Waals surface area contributed by atoms with Gasteiger partial charge in [0.25, 0.3) is 0 Å². The maximum absolute atomic E-state index is 12.6. The van der Waals surface area contributed by atoms with Gasteiger partial charge >= 0.3 is 7.82 Å². The van der Waals surface area contributed by atoms with Gasteiger partial charge in [-0.05, 0) is 19.8 Å². The van der Waals surface area contributed by atoms with Crippen LogP contribution in [0.5, 0.6) is 0 Å². The summed E-state index contributed by atoms with van der Waals surface area (Å²) in [7, 11) is 1.56. The van der Waals surface area contributed by atoms with E-state index in [1.54, 1.807) is 6.92 Å². The molecule has 3 unspecified atom stereocenters. The van der Waals surface area contributed by atoms with E-state index in [1.165, 1.54) is 64.2 Å². The van der Waals surface area contributed by atoms with Crippen molar-refractivity contribution < 1.29 is 32.5 Å². The average molecular weight is 552 g/mol. The van der Waals surface area contributed by atoms with Gasteiger partial charge in [-0.25, -0.2) is 4.57 Å². The van der Waals surface area contributed by atoms with Crippen molar-refractivity contribution in [1.29, 1.82) is 0 Å². The molecule has 0 radical (unpaired) electrons. The second-order valence-electron chi connectivity index (χ2n) is 11.3. The fourth-order valence-electron chi connectivity index (χ4n) is 3.90. The number of carbonyl (C=O) groups is 1. The van der Waals surface area contributed by atoms with Gasteiger partial charge in [-0.2, -0.15) is 0 Å². The van der Waals surface area contributed by atoms with Crippen LogP contribution in [0, 0.1) is 0 Å². The normalized spacial score (nSPS) is 15.3. The van der Waals surface area contributed by atoms with Crippen LogP contribution in [0.15, 0.2) is 0 Å². The molecule has 0 aliphatic rings. The van der Waals surface area contributed by atoms with Gasteiger partial charge in [0, 0.05) is 13.0 Å². The fourth-order valence-corrected chi connectivity index (χ4v) is 4.78. The summed E-state index contributed by atoms with van der Waals surface area (Å²) in [5, 5.41) is 2.77. The Kier molecular flexibility index (Phi) is 22.0. The molecule has 0 aromatic carbocycles. The summed E-state index contributed by atoms with van der Waals surface area (Å²) in [5.41, 5.74) is 0. The lowest BCUT2D eigenvalue weighted by molar-refractivity contribution is -0.870. The largest absolute Gasteiger partial charge is 0.474 e. The lowest BCUT2D eigenvalue weighted by Gasteiger charge is -2.28.